The van der Waals surface area contributed by atoms with Crippen molar-refractivity contribution in [2.75, 3.05) is 7.11 Å². The Labute approximate surface area is 183 Å². The maximum absolute atomic E-state index is 12.8. The summed E-state index contributed by atoms with van der Waals surface area (Å²) in [5, 5.41) is 16.3. The molecule has 0 unspecified atom stereocenters. The third kappa shape index (κ3) is 6.45. The number of carboxylic acid groups (broad SMARTS) is 1. The van der Waals surface area contributed by atoms with Crippen molar-refractivity contribution in [1.82, 2.24) is 10.6 Å². The Hall–Kier alpha value is -3.13. The minimum absolute atomic E-state index is 0.0972. The van der Waals surface area contributed by atoms with Gasteiger partial charge in [-0.2, -0.15) is 0 Å². The van der Waals surface area contributed by atoms with E-state index in [9.17, 15) is 19.5 Å². The number of hydrogen-bond donors (Lipinski definition) is 2. The van der Waals surface area contributed by atoms with Crippen molar-refractivity contribution in [3.63, 3.8) is 0 Å². The fourth-order valence-electron chi connectivity index (χ4n) is 2.54. The van der Waals surface area contributed by atoms with Crippen molar-refractivity contribution in [2.24, 2.45) is 5.92 Å². The summed E-state index contributed by atoms with van der Waals surface area (Å²) in [6, 6.07) is 12.2. The zero-order chi connectivity index (χ0) is 22.3. The molecule has 2 aromatic carbocycles. The zero-order valence-corrected chi connectivity index (χ0v) is 18.4. The SMILES string of the molecule is COc1ccc(/C=C(\NC(=O)c2ccc(Br)cc2)C(=O)N[C@@H](C(=O)[O-])C(C)C)cc1. The van der Waals surface area contributed by atoms with Gasteiger partial charge in [-0.15, -0.1) is 0 Å². The van der Waals surface area contributed by atoms with Gasteiger partial charge in [-0.05, 0) is 54.0 Å². The number of ether oxygens (including phenoxy) is 1. The smallest absolute Gasteiger partial charge is 0.268 e. The van der Waals surface area contributed by atoms with E-state index < -0.39 is 29.7 Å². The van der Waals surface area contributed by atoms with Gasteiger partial charge in [-0.25, -0.2) is 0 Å². The van der Waals surface area contributed by atoms with Crippen LogP contribution < -0.4 is 20.5 Å². The Bertz CT molecular complexity index is 937. The standard InChI is InChI=1S/C22H23BrN2O5/c1-13(2)19(22(28)29)25-21(27)18(12-14-4-10-17(30-3)11-5-14)24-20(26)15-6-8-16(23)9-7-15/h4-13,19H,1-3H3,(H,24,26)(H,25,27)(H,28,29)/p-1/b18-12-/t19-/m1/s1. The van der Waals surface area contributed by atoms with Gasteiger partial charge in [0.2, 0.25) is 0 Å². The van der Waals surface area contributed by atoms with Crippen molar-refractivity contribution in [3.05, 3.63) is 69.8 Å². The first-order chi connectivity index (χ1) is 14.2. The summed E-state index contributed by atoms with van der Waals surface area (Å²) in [6.07, 6.45) is 1.46. The molecule has 2 aromatic rings. The Morgan fingerprint density at radius 3 is 2.13 bits per heavy atom. The summed E-state index contributed by atoms with van der Waals surface area (Å²) < 4.78 is 5.92. The molecule has 0 radical (unpaired) electrons. The molecular formula is C22H22BrN2O5-. The Morgan fingerprint density at radius 1 is 1.03 bits per heavy atom. The number of aliphatic carboxylic acids is 1. The molecule has 2 rings (SSSR count). The van der Waals surface area contributed by atoms with E-state index in [1.165, 1.54) is 13.2 Å². The van der Waals surface area contributed by atoms with E-state index in [4.69, 9.17) is 4.74 Å². The van der Waals surface area contributed by atoms with Gasteiger partial charge in [-0.1, -0.05) is 41.9 Å². The average molecular weight is 474 g/mol. The molecule has 0 fully saturated rings. The first-order valence-corrected chi connectivity index (χ1v) is 9.95. The molecule has 0 aliphatic rings. The molecule has 8 heteroatoms. The summed E-state index contributed by atoms with van der Waals surface area (Å²) in [5.41, 5.74) is 0.860. The second kappa shape index (κ2) is 10.6. The van der Waals surface area contributed by atoms with Crippen molar-refractivity contribution >= 4 is 39.8 Å². The fourth-order valence-corrected chi connectivity index (χ4v) is 2.80. The van der Waals surface area contributed by atoms with E-state index in [0.29, 0.717) is 16.9 Å². The second-order valence-corrected chi connectivity index (χ2v) is 7.72. The van der Waals surface area contributed by atoms with E-state index in [0.717, 1.165) is 4.47 Å². The van der Waals surface area contributed by atoms with E-state index in [1.807, 2.05) is 0 Å². The highest BCUT2D eigenvalue weighted by Crippen LogP contribution is 2.15. The van der Waals surface area contributed by atoms with Gasteiger partial charge < -0.3 is 25.3 Å². The van der Waals surface area contributed by atoms with Crippen LogP contribution in [0.5, 0.6) is 5.75 Å². The second-order valence-electron chi connectivity index (χ2n) is 6.81. The number of hydrogen-bond acceptors (Lipinski definition) is 5. The predicted molar refractivity (Wildman–Crippen MR) is 114 cm³/mol. The lowest BCUT2D eigenvalue weighted by Crippen LogP contribution is -2.52. The lowest BCUT2D eigenvalue weighted by atomic mass is 10.0. The molecule has 0 saturated heterocycles. The van der Waals surface area contributed by atoms with Crippen molar-refractivity contribution in [3.8, 4) is 5.75 Å². The molecule has 0 spiro atoms. The van der Waals surface area contributed by atoms with Crippen LogP contribution in [0.15, 0.2) is 58.7 Å². The Morgan fingerprint density at radius 2 is 1.63 bits per heavy atom. The van der Waals surface area contributed by atoms with Crippen LogP contribution in [0.2, 0.25) is 0 Å². The molecule has 0 heterocycles. The van der Waals surface area contributed by atoms with Crippen LogP contribution in [-0.2, 0) is 9.59 Å². The highest BCUT2D eigenvalue weighted by atomic mass is 79.9. The molecule has 158 valence electrons. The zero-order valence-electron chi connectivity index (χ0n) is 16.8. The molecule has 7 nitrogen and oxygen atoms in total. The molecule has 0 aliphatic heterocycles. The third-order valence-corrected chi connectivity index (χ3v) is 4.76. The molecule has 0 aromatic heterocycles. The Balaban J connectivity index is 2.33. The van der Waals surface area contributed by atoms with E-state index in [2.05, 4.69) is 26.6 Å². The molecular weight excluding hydrogens is 452 g/mol. The summed E-state index contributed by atoms with van der Waals surface area (Å²) in [4.78, 5) is 36.8. The van der Waals surface area contributed by atoms with Gasteiger partial charge in [0, 0.05) is 10.0 Å². The van der Waals surface area contributed by atoms with Gasteiger partial charge in [0.15, 0.2) is 0 Å². The van der Waals surface area contributed by atoms with Crippen molar-refractivity contribution in [2.45, 2.75) is 19.9 Å². The third-order valence-electron chi connectivity index (χ3n) is 4.23. The monoisotopic (exact) mass is 473 g/mol. The minimum Gasteiger partial charge on any atom is -0.548 e. The van der Waals surface area contributed by atoms with Gasteiger partial charge >= 0.3 is 0 Å². The van der Waals surface area contributed by atoms with Crippen LogP contribution in [0.3, 0.4) is 0 Å². The van der Waals surface area contributed by atoms with Gasteiger partial charge in [-0.3, -0.25) is 9.59 Å². The number of carboxylic acids is 1. The largest absolute Gasteiger partial charge is 0.548 e. The summed E-state index contributed by atoms with van der Waals surface area (Å²) in [7, 11) is 1.54. The van der Waals surface area contributed by atoms with Gasteiger partial charge in [0.25, 0.3) is 11.8 Å². The molecule has 0 bridgehead atoms. The molecule has 1 atom stereocenters. The minimum atomic E-state index is -1.40. The van der Waals surface area contributed by atoms with Crippen LogP contribution in [-0.4, -0.2) is 30.9 Å². The summed E-state index contributed by atoms with van der Waals surface area (Å²) >= 11 is 3.30. The molecule has 30 heavy (non-hydrogen) atoms. The highest BCUT2D eigenvalue weighted by Gasteiger charge is 2.21. The van der Waals surface area contributed by atoms with Gasteiger partial charge in [0.05, 0.1) is 19.1 Å². The average Bonchev–Trinajstić information content (AvgIpc) is 2.71. The first kappa shape index (κ1) is 23.2. The normalized spacial score (nSPS) is 12.2. The Kier molecular flexibility index (Phi) is 8.17. The molecule has 0 saturated carbocycles. The highest BCUT2D eigenvalue weighted by molar-refractivity contribution is 9.10. The number of carbonyl (C=O) groups excluding carboxylic acids is 3. The fraction of sp³-hybridized carbons (Fsp3) is 0.227. The van der Waals surface area contributed by atoms with Crippen LogP contribution in [0.25, 0.3) is 6.08 Å². The number of halogens is 1. The molecule has 2 N–H and O–H groups in total. The molecule has 2 amide bonds. The van der Waals surface area contributed by atoms with Crippen LogP contribution >= 0.6 is 15.9 Å². The topological polar surface area (TPSA) is 108 Å². The lowest BCUT2D eigenvalue weighted by molar-refractivity contribution is -0.309. The predicted octanol–water partition coefficient (Wildman–Crippen LogP) is 2.12. The van der Waals surface area contributed by atoms with E-state index in [-0.39, 0.29) is 5.70 Å². The quantitative estimate of drug-likeness (QED) is 0.570. The number of carbonyl (C=O) groups is 3. The summed E-state index contributed by atoms with van der Waals surface area (Å²) in [6.45, 7) is 3.29. The first-order valence-electron chi connectivity index (χ1n) is 9.15. The summed E-state index contributed by atoms with van der Waals surface area (Å²) in [5.74, 6) is -2.41. The van der Waals surface area contributed by atoms with E-state index in [1.54, 1.807) is 62.4 Å². The number of amides is 2. The van der Waals surface area contributed by atoms with Crippen molar-refractivity contribution in [1.29, 1.82) is 0 Å². The van der Waals surface area contributed by atoms with E-state index >= 15 is 0 Å². The van der Waals surface area contributed by atoms with Crippen LogP contribution in [0.1, 0.15) is 29.8 Å². The van der Waals surface area contributed by atoms with Crippen LogP contribution in [0.4, 0.5) is 0 Å². The van der Waals surface area contributed by atoms with Gasteiger partial charge in [0.1, 0.15) is 11.4 Å². The maximum atomic E-state index is 12.8. The maximum Gasteiger partial charge on any atom is 0.268 e. The number of nitrogens with one attached hydrogen (secondary N) is 2. The van der Waals surface area contributed by atoms with Crippen LogP contribution in [0, 0.1) is 5.92 Å². The number of methoxy groups -OCH3 is 1. The molecule has 0 aliphatic carbocycles. The number of benzene rings is 2. The number of rotatable bonds is 8. The van der Waals surface area contributed by atoms with Crippen molar-refractivity contribution < 1.29 is 24.2 Å². The lowest BCUT2D eigenvalue weighted by Gasteiger charge is -2.24.